The molecule has 11 nitrogen and oxygen atoms in total. The van der Waals surface area contributed by atoms with Gasteiger partial charge in [-0.15, -0.1) is 11.3 Å². The average molecular weight is 416 g/mol. The molecular weight excluding hydrogens is 403 g/mol. The molecule has 0 saturated heterocycles. The second kappa shape index (κ2) is 8.07. The van der Waals surface area contributed by atoms with Crippen molar-refractivity contribution in [1.29, 1.82) is 5.41 Å². The summed E-state index contributed by atoms with van der Waals surface area (Å²) in [4.78, 5) is 27.0. The number of anilines is 3. The second-order valence-corrected chi connectivity index (χ2v) is 6.58. The van der Waals surface area contributed by atoms with Crippen LogP contribution in [0.25, 0.3) is 0 Å². The number of thiazole rings is 1. The predicted octanol–water partition coefficient (Wildman–Crippen LogP) is 1.08. The van der Waals surface area contributed by atoms with Gasteiger partial charge in [0.05, 0.1) is 23.4 Å². The van der Waals surface area contributed by atoms with Gasteiger partial charge in [0.25, 0.3) is 11.3 Å². The van der Waals surface area contributed by atoms with Crippen molar-refractivity contribution in [1.82, 2.24) is 4.98 Å². The number of hydrogen-bond donors (Lipinski definition) is 5. The molecule has 0 radical (unpaired) electrons. The van der Waals surface area contributed by atoms with Crippen LogP contribution in [0.2, 0.25) is 0 Å². The Bertz CT molecular complexity index is 936. The van der Waals surface area contributed by atoms with E-state index in [2.05, 4.69) is 4.98 Å². The number of aromatic nitrogens is 1. The van der Waals surface area contributed by atoms with E-state index in [1.165, 1.54) is 6.07 Å². The molecule has 2 amide bonds. The number of nitrogens with zero attached hydrogens (tertiary/aromatic N) is 3. The molecule has 1 aromatic carbocycles. The number of benzene rings is 1. The zero-order valence-corrected chi connectivity index (χ0v) is 15.0. The maximum absolute atomic E-state index is 14.5. The van der Waals surface area contributed by atoms with Gasteiger partial charge in [0.15, 0.2) is 5.69 Å². The quantitative estimate of drug-likeness (QED) is 0.253. The first-order valence-corrected chi connectivity index (χ1v) is 8.85. The van der Waals surface area contributed by atoms with Gasteiger partial charge in [0, 0.05) is 6.07 Å². The monoisotopic (exact) mass is 416 g/mol. The van der Waals surface area contributed by atoms with Crippen LogP contribution in [0, 0.1) is 11.2 Å². The lowest BCUT2D eigenvalue weighted by Crippen LogP contribution is -2.42. The first-order chi connectivity index (χ1) is 12.6. The van der Waals surface area contributed by atoms with Crippen molar-refractivity contribution in [2.75, 3.05) is 15.7 Å². The minimum Gasteiger partial charge on any atom is -0.476 e. The van der Waals surface area contributed by atoms with Gasteiger partial charge in [0.2, 0.25) is 0 Å². The molecule has 0 saturated carbocycles. The van der Waals surface area contributed by atoms with Gasteiger partial charge in [-0.3, -0.25) is 14.9 Å². The number of carbonyl (C=O) groups excluding carboxylic acids is 1. The van der Waals surface area contributed by atoms with Crippen molar-refractivity contribution in [2.45, 2.75) is 0 Å². The fourth-order valence-electron chi connectivity index (χ4n) is 2.10. The summed E-state index contributed by atoms with van der Waals surface area (Å²) in [5.74, 6) is -2.88. The maximum atomic E-state index is 14.5. The van der Waals surface area contributed by atoms with Gasteiger partial charge in [-0.05, 0) is 12.1 Å². The van der Waals surface area contributed by atoms with Crippen LogP contribution in [-0.4, -0.2) is 43.2 Å². The summed E-state index contributed by atoms with van der Waals surface area (Å²) < 4.78 is 36.5. The Morgan fingerprint density at radius 3 is 2.52 bits per heavy atom. The summed E-state index contributed by atoms with van der Waals surface area (Å²) in [6.45, 7) is -0.459. The molecule has 1 heterocycles. The van der Waals surface area contributed by atoms with Crippen LogP contribution >= 0.6 is 11.3 Å². The molecule has 0 bridgehead atoms. The van der Waals surface area contributed by atoms with Crippen LogP contribution in [0.1, 0.15) is 10.5 Å². The molecule has 0 aliphatic carbocycles. The molecule has 2 rings (SSSR count). The lowest BCUT2D eigenvalue weighted by atomic mass is 10.2. The number of aromatic carboxylic acids is 1. The maximum Gasteiger partial charge on any atom is 0.357 e. The predicted molar refractivity (Wildman–Crippen MR) is 97.2 cm³/mol. The Morgan fingerprint density at radius 1 is 1.37 bits per heavy atom. The standard InChI is InChI=1S/C13H13FN6O5S2/c14-7-3-6(1-2-8(7)19(13(17)23)4-9(15)16)20(27(24)25)11-10(12(21)22)18-5-26-11/h1-3,5H,4H2,(H3,15,16)(H2,17,23)(H,21,22)(H,24,25). The van der Waals surface area contributed by atoms with Crippen molar-refractivity contribution in [2.24, 2.45) is 11.5 Å². The first-order valence-electron chi connectivity index (χ1n) is 6.90. The second-order valence-electron chi connectivity index (χ2n) is 4.92. The highest BCUT2D eigenvalue weighted by atomic mass is 32.2. The summed E-state index contributed by atoms with van der Waals surface area (Å²) in [7, 11) is 0. The largest absolute Gasteiger partial charge is 0.476 e. The number of nitrogens with one attached hydrogen (secondary N) is 1. The molecule has 0 spiro atoms. The van der Waals surface area contributed by atoms with E-state index in [9.17, 15) is 22.7 Å². The summed E-state index contributed by atoms with van der Waals surface area (Å²) in [5, 5.41) is 16.2. The fourth-order valence-corrected chi connectivity index (χ4v) is 3.66. The molecule has 144 valence electrons. The van der Waals surface area contributed by atoms with Crippen molar-refractivity contribution >= 4 is 56.8 Å². The van der Waals surface area contributed by atoms with Crippen molar-refractivity contribution < 1.29 is 27.8 Å². The van der Waals surface area contributed by atoms with Crippen molar-refractivity contribution in [3.63, 3.8) is 0 Å². The van der Waals surface area contributed by atoms with Gasteiger partial charge < -0.3 is 16.6 Å². The summed E-state index contributed by atoms with van der Waals surface area (Å²) in [6.07, 6.45) is 0. The van der Waals surface area contributed by atoms with Crippen LogP contribution in [0.5, 0.6) is 0 Å². The highest BCUT2D eigenvalue weighted by Crippen LogP contribution is 2.35. The lowest BCUT2D eigenvalue weighted by Gasteiger charge is -2.23. The lowest BCUT2D eigenvalue weighted by molar-refractivity contribution is 0.0692. The number of amidine groups is 1. The number of primary amides is 1. The molecular formula is C13H13FN6O5S2. The molecule has 1 unspecified atom stereocenters. The Balaban J connectivity index is 2.51. The summed E-state index contributed by atoms with van der Waals surface area (Å²) in [6, 6.07) is 2.01. The summed E-state index contributed by atoms with van der Waals surface area (Å²) >= 11 is -1.97. The van der Waals surface area contributed by atoms with Gasteiger partial charge >= 0.3 is 12.0 Å². The van der Waals surface area contributed by atoms with Crippen LogP contribution < -0.4 is 20.7 Å². The third kappa shape index (κ3) is 4.36. The number of carboxylic acids is 1. The number of amides is 2. The zero-order valence-electron chi connectivity index (χ0n) is 13.3. The Hall–Kier alpha value is -3.10. The van der Waals surface area contributed by atoms with Gasteiger partial charge in [-0.2, -0.15) is 0 Å². The van der Waals surface area contributed by atoms with Crippen molar-refractivity contribution in [3.8, 4) is 0 Å². The molecule has 0 aliphatic rings. The van der Waals surface area contributed by atoms with Crippen LogP contribution in [0.3, 0.4) is 0 Å². The van der Waals surface area contributed by atoms with Crippen LogP contribution in [-0.2, 0) is 11.3 Å². The van der Waals surface area contributed by atoms with E-state index in [1.54, 1.807) is 0 Å². The average Bonchev–Trinajstić information content (AvgIpc) is 3.02. The zero-order chi connectivity index (χ0) is 20.3. The molecule has 1 aromatic heterocycles. The number of halogens is 1. The fraction of sp³-hybridized carbons (Fsp3) is 0.0769. The van der Waals surface area contributed by atoms with E-state index in [4.69, 9.17) is 22.0 Å². The molecule has 14 heteroatoms. The number of carbonyl (C=O) groups is 2. The van der Waals surface area contributed by atoms with Gasteiger partial charge in [-0.25, -0.2) is 27.5 Å². The van der Waals surface area contributed by atoms with Crippen LogP contribution in [0.15, 0.2) is 23.7 Å². The van der Waals surface area contributed by atoms with E-state index in [0.29, 0.717) is 9.21 Å². The third-order valence-electron chi connectivity index (χ3n) is 3.14. The molecule has 7 N–H and O–H groups in total. The van der Waals surface area contributed by atoms with Crippen molar-refractivity contribution in [3.05, 3.63) is 35.2 Å². The summed E-state index contributed by atoms with van der Waals surface area (Å²) in [5.41, 5.74) is 10.6. The normalized spacial score (nSPS) is 11.6. The minimum absolute atomic E-state index is 0.170. The highest BCUT2D eigenvalue weighted by molar-refractivity contribution is 7.81. The first kappa shape index (κ1) is 20.2. The Morgan fingerprint density at radius 2 is 2.04 bits per heavy atom. The Labute approximate surface area is 157 Å². The molecule has 1 atom stereocenters. The van der Waals surface area contributed by atoms with E-state index < -0.39 is 47.2 Å². The number of carboxylic acid groups (broad SMARTS) is 1. The van der Waals surface area contributed by atoms with Gasteiger partial charge in [0.1, 0.15) is 16.7 Å². The minimum atomic E-state index is -2.74. The topological polar surface area (TPSA) is 187 Å². The smallest absolute Gasteiger partial charge is 0.357 e. The SMILES string of the molecule is N=C(N)CN(C(N)=O)c1ccc(N(c2scnc2C(=O)O)S(=O)O)cc1F. The highest BCUT2D eigenvalue weighted by Gasteiger charge is 2.26. The molecule has 2 aromatic rings. The third-order valence-corrected chi connectivity index (χ3v) is 4.77. The van der Waals surface area contributed by atoms with E-state index in [0.717, 1.165) is 29.0 Å². The molecule has 27 heavy (non-hydrogen) atoms. The number of rotatable bonds is 7. The number of nitrogens with two attached hydrogens (primary N) is 2. The number of urea groups is 1. The molecule has 0 fully saturated rings. The van der Waals surface area contributed by atoms with Crippen LogP contribution in [0.4, 0.5) is 25.6 Å². The van der Waals surface area contributed by atoms with Gasteiger partial charge in [-0.1, -0.05) is 0 Å². The number of hydrogen-bond acceptors (Lipinski definition) is 6. The van der Waals surface area contributed by atoms with E-state index in [-0.39, 0.29) is 16.4 Å². The van der Waals surface area contributed by atoms with E-state index in [1.807, 2.05) is 0 Å². The van der Waals surface area contributed by atoms with E-state index >= 15 is 0 Å². The molecule has 0 aliphatic heterocycles. The Kier molecular flexibility index (Phi) is 6.04.